The van der Waals surface area contributed by atoms with Crippen LogP contribution >= 0.6 is 0 Å². The van der Waals surface area contributed by atoms with Gasteiger partial charge in [0.1, 0.15) is 10.6 Å². The smallest absolute Gasteiger partial charge is 0.321 e. The molecule has 2 aromatic carbocycles. The number of benzene rings is 2. The molecule has 3 rings (SSSR count). The number of carbonyl (C=O) groups excluding carboxylic acids is 2. The average Bonchev–Trinajstić information content (AvgIpc) is 3.37. The number of nitrogens with one attached hydrogen (secondary N) is 3. The minimum absolute atomic E-state index is 0.0112. The zero-order valence-corrected chi connectivity index (χ0v) is 19.4. The molecule has 0 unspecified atom stereocenters. The van der Waals surface area contributed by atoms with Crippen molar-refractivity contribution in [3.8, 4) is 5.75 Å². The molecule has 1 aliphatic heterocycles. The van der Waals surface area contributed by atoms with Crippen molar-refractivity contribution in [1.82, 2.24) is 14.9 Å². The molecular formula is C23H28N4O5S. The number of sulfonamides is 1. The van der Waals surface area contributed by atoms with Crippen LogP contribution in [0.25, 0.3) is 6.08 Å². The molecule has 0 radical (unpaired) electrons. The molecule has 0 spiro atoms. The second kappa shape index (κ2) is 11.0. The van der Waals surface area contributed by atoms with Crippen LogP contribution in [0.15, 0.2) is 53.4 Å². The molecule has 0 saturated carbocycles. The second-order valence-corrected chi connectivity index (χ2v) is 9.35. The quantitative estimate of drug-likeness (QED) is 0.511. The summed E-state index contributed by atoms with van der Waals surface area (Å²) in [6.45, 7) is 1.81. The summed E-state index contributed by atoms with van der Waals surface area (Å²) in [5.41, 5.74) is 2.04. The summed E-state index contributed by atoms with van der Waals surface area (Å²) in [6, 6.07) is 11.8. The van der Waals surface area contributed by atoms with Crippen LogP contribution in [0.4, 0.5) is 10.5 Å². The van der Waals surface area contributed by atoms with Crippen LogP contribution in [0.1, 0.15) is 24.0 Å². The minimum atomic E-state index is -3.71. The largest absolute Gasteiger partial charge is 0.495 e. The van der Waals surface area contributed by atoms with E-state index in [2.05, 4.69) is 15.4 Å². The molecule has 1 heterocycles. The van der Waals surface area contributed by atoms with E-state index in [1.165, 1.54) is 38.4 Å². The van der Waals surface area contributed by atoms with Gasteiger partial charge in [-0.2, -0.15) is 0 Å². The average molecular weight is 473 g/mol. The molecule has 0 bridgehead atoms. The van der Waals surface area contributed by atoms with Crippen LogP contribution in [0.3, 0.4) is 0 Å². The first-order valence-corrected chi connectivity index (χ1v) is 12.0. The van der Waals surface area contributed by atoms with E-state index >= 15 is 0 Å². The van der Waals surface area contributed by atoms with Gasteiger partial charge in [0.15, 0.2) is 0 Å². The zero-order valence-electron chi connectivity index (χ0n) is 18.6. The van der Waals surface area contributed by atoms with Crippen LogP contribution in [0.2, 0.25) is 0 Å². The fourth-order valence-corrected chi connectivity index (χ4v) is 4.35. The lowest BCUT2D eigenvalue weighted by atomic mass is 10.2. The molecule has 1 saturated heterocycles. The Morgan fingerprint density at radius 2 is 1.88 bits per heavy atom. The minimum Gasteiger partial charge on any atom is -0.495 e. The van der Waals surface area contributed by atoms with Crippen molar-refractivity contribution >= 4 is 33.7 Å². The summed E-state index contributed by atoms with van der Waals surface area (Å²) >= 11 is 0. The lowest BCUT2D eigenvalue weighted by Gasteiger charge is -2.16. The second-order valence-electron chi connectivity index (χ2n) is 7.49. The van der Waals surface area contributed by atoms with E-state index in [4.69, 9.17) is 4.74 Å². The first-order chi connectivity index (χ1) is 15.8. The van der Waals surface area contributed by atoms with Crippen molar-refractivity contribution < 1.29 is 22.7 Å². The number of urea groups is 1. The van der Waals surface area contributed by atoms with E-state index in [9.17, 15) is 18.0 Å². The Hall–Kier alpha value is -3.37. The van der Waals surface area contributed by atoms with E-state index in [1.54, 1.807) is 17.0 Å². The van der Waals surface area contributed by atoms with Gasteiger partial charge in [-0.25, -0.2) is 17.9 Å². The van der Waals surface area contributed by atoms with Crippen molar-refractivity contribution in [3.05, 3.63) is 59.7 Å². The normalized spacial score (nSPS) is 13.8. The highest BCUT2D eigenvalue weighted by Gasteiger charge is 2.18. The molecule has 0 atom stereocenters. The van der Waals surface area contributed by atoms with Gasteiger partial charge in [-0.1, -0.05) is 18.2 Å². The van der Waals surface area contributed by atoms with Gasteiger partial charge in [0.25, 0.3) is 0 Å². The predicted octanol–water partition coefficient (Wildman–Crippen LogP) is 2.56. The van der Waals surface area contributed by atoms with E-state index < -0.39 is 10.0 Å². The molecule has 0 aliphatic carbocycles. The Morgan fingerprint density at radius 1 is 1.12 bits per heavy atom. The number of ether oxygens (including phenoxy) is 1. The number of amides is 3. The van der Waals surface area contributed by atoms with Gasteiger partial charge in [-0.3, -0.25) is 4.79 Å². The van der Waals surface area contributed by atoms with E-state index in [0.717, 1.165) is 31.5 Å². The molecule has 176 valence electrons. The van der Waals surface area contributed by atoms with Gasteiger partial charge in [-0.05, 0) is 61.4 Å². The third kappa shape index (κ3) is 6.56. The summed E-state index contributed by atoms with van der Waals surface area (Å²) < 4.78 is 31.7. The van der Waals surface area contributed by atoms with Crippen molar-refractivity contribution in [3.63, 3.8) is 0 Å². The topological polar surface area (TPSA) is 117 Å². The van der Waals surface area contributed by atoms with Crippen molar-refractivity contribution in [2.75, 3.05) is 32.6 Å². The number of likely N-dealkylation sites (tertiary alicyclic amines) is 1. The highest BCUT2D eigenvalue weighted by Crippen LogP contribution is 2.25. The zero-order chi connectivity index (χ0) is 23.8. The molecule has 3 N–H and O–H groups in total. The molecule has 1 aliphatic rings. The standard InChI is InChI=1S/C23H28N4O5S/c1-24-33(30,31)21-15-17(8-10-20(21)32-2)9-11-22(28)25-16-18-6-5-7-19(14-18)26-23(29)27-12-3-4-13-27/h5-11,14-15,24H,3-4,12-13,16H2,1-2H3,(H,25,28)(H,26,29). The van der Waals surface area contributed by atoms with Crippen molar-refractivity contribution in [2.45, 2.75) is 24.3 Å². The Kier molecular flexibility index (Phi) is 8.07. The molecular weight excluding hydrogens is 444 g/mol. The van der Waals surface area contributed by atoms with Gasteiger partial charge in [0.05, 0.1) is 7.11 Å². The summed E-state index contributed by atoms with van der Waals surface area (Å²) in [6.07, 6.45) is 4.90. The summed E-state index contributed by atoms with van der Waals surface area (Å²) in [4.78, 5) is 26.3. The number of methoxy groups -OCH3 is 1. The van der Waals surface area contributed by atoms with E-state index in [1.807, 2.05) is 18.2 Å². The maximum atomic E-state index is 12.3. The molecule has 2 aromatic rings. The summed E-state index contributed by atoms with van der Waals surface area (Å²) in [5, 5.41) is 5.67. The molecule has 3 amide bonds. The van der Waals surface area contributed by atoms with Gasteiger partial charge in [0.2, 0.25) is 15.9 Å². The number of anilines is 1. The van der Waals surface area contributed by atoms with Gasteiger partial charge in [-0.15, -0.1) is 0 Å². The molecule has 0 aromatic heterocycles. The molecule has 9 nitrogen and oxygen atoms in total. The number of hydrogen-bond donors (Lipinski definition) is 3. The Balaban J connectivity index is 1.59. The van der Waals surface area contributed by atoms with Crippen molar-refractivity contribution in [1.29, 1.82) is 0 Å². The highest BCUT2D eigenvalue weighted by atomic mass is 32.2. The van der Waals surface area contributed by atoms with Crippen LogP contribution in [-0.2, 0) is 21.4 Å². The number of nitrogens with zero attached hydrogens (tertiary/aromatic N) is 1. The number of rotatable bonds is 8. The lowest BCUT2D eigenvalue weighted by Crippen LogP contribution is -2.32. The van der Waals surface area contributed by atoms with Crippen LogP contribution in [0.5, 0.6) is 5.75 Å². The van der Waals surface area contributed by atoms with Crippen LogP contribution < -0.4 is 20.1 Å². The van der Waals surface area contributed by atoms with E-state index in [0.29, 0.717) is 11.3 Å². The Bertz CT molecular complexity index is 1140. The molecule has 10 heteroatoms. The number of hydrogen-bond acceptors (Lipinski definition) is 5. The van der Waals surface area contributed by atoms with Crippen LogP contribution in [-0.4, -0.2) is 52.5 Å². The third-order valence-electron chi connectivity index (χ3n) is 5.21. The molecule has 33 heavy (non-hydrogen) atoms. The highest BCUT2D eigenvalue weighted by molar-refractivity contribution is 7.89. The van der Waals surface area contributed by atoms with Gasteiger partial charge >= 0.3 is 6.03 Å². The van der Waals surface area contributed by atoms with Crippen LogP contribution in [0, 0.1) is 0 Å². The Morgan fingerprint density at radius 3 is 2.58 bits per heavy atom. The maximum absolute atomic E-state index is 12.3. The fourth-order valence-electron chi connectivity index (χ4n) is 3.42. The third-order valence-corrected chi connectivity index (χ3v) is 6.65. The summed E-state index contributed by atoms with van der Waals surface area (Å²) in [5.74, 6) is -0.127. The predicted molar refractivity (Wildman–Crippen MR) is 126 cm³/mol. The maximum Gasteiger partial charge on any atom is 0.321 e. The Labute approximate surface area is 193 Å². The molecule has 1 fully saturated rings. The lowest BCUT2D eigenvalue weighted by molar-refractivity contribution is -0.116. The van der Waals surface area contributed by atoms with Gasteiger partial charge < -0.3 is 20.3 Å². The number of carbonyl (C=O) groups is 2. The fraction of sp³-hybridized carbons (Fsp3) is 0.304. The first-order valence-electron chi connectivity index (χ1n) is 10.5. The first kappa shape index (κ1) is 24.3. The SMILES string of the molecule is CNS(=O)(=O)c1cc(C=CC(=O)NCc2cccc(NC(=O)N3CCCC3)c2)ccc1OC. The van der Waals surface area contributed by atoms with Crippen molar-refractivity contribution in [2.24, 2.45) is 0 Å². The summed E-state index contributed by atoms with van der Waals surface area (Å²) in [7, 11) is -1.00. The van der Waals surface area contributed by atoms with Gasteiger partial charge in [0, 0.05) is 31.4 Å². The van der Waals surface area contributed by atoms with E-state index in [-0.39, 0.29) is 29.1 Å². The monoisotopic (exact) mass is 472 g/mol.